The topological polar surface area (TPSA) is 49.9 Å². The molecule has 4 heteroatoms. The highest BCUT2D eigenvalue weighted by Gasteiger charge is 2.14. The van der Waals surface area contributed by atoms with Crippen LogP contribution in [0.5, 0.6) is 0 Å². The van der Waals surface area contributed by atoms with Gasteiger partial charge in [-0.25, -0.2) is 4.98 Å². The summed E-state index contributed by atoms with van der Waals surface area (Å²) >= 11 is 0. The number of nitrogens with zero attached hydrogens (tertiary/aromatic N) is 1. The first-order valence-electron chi connectivity index (χ1n) is 5.13. The molecule has 1 aliphatic heterocycles. The normalized spacial score (nSPS) is 21.6. The molecular weight excluding hydrogens is 178 g/mol. The summed E-state index contributed by atoms with van der Waals surface area (Å²) in [5.74, 6) is 0.689. The molecule has 4 nitrogen and oxygen atoms in total. The lowest BCUT2D eigenvalue weighted by Crippen LogP contribution is -2.23. The van der Waals surface area contributed by atoms with Crippen LogP contribution in [0.15, 0.2) is 6.33 Å². The third-order valence-corrected chi connectivity index (χ3v) is 2.68. The fourth-order valence-electron chi connectivity index (χ4n) is 1.70. The minimum Gasteiger partial charge on any atom is -0.381 e. The standard InChI is InChI=1S/C10H17N3O/c1-8-10(13-7-12-8)5-11-4-9-2-3-14-6-9/h7,9,11H,2-6H2,1H3,(H,12,13). The predicted molar refractivity (Wildman–Crippen MR) is 54.0 cm³/mol. The van der Waals surface area contributed by atoms with E-state index in [0.29, 0.717) is 5.92 Å². The number of imidazole rings is 1. The molecule has 1 aromatic heterocycles. The van der Waals surface area contributed by atoms with Gasteiger partial charge in [0.15, 0.2) is 0 Å². The third-order valence-electron chi connectivity index (χ3n) is 2.68. The van der Waals surface area contributed by atoms with Gasteiger partial charge in [-0.05, 0) is 19.3 Å². The second-order valence-electron chi connectivity index (χ2n) is 3.83. The lowest BCUT2D eigenvalue weighted by Gasteiger charge is -2.08. The van der Waals surface area contributed by atoms with Gasteiger partial charge in [0.2, 0.25) is 0 Å². The minimum atomic E-state index is 0.689. The van der Waals surface area contributed by atoms with Crippen LogP contribution in [0, 0.1) is 12.8 Å². The van der Waals surface area contributed by atoms with Crippen molar-refractivity contribution < 1.29 is 4.74 Å². The summed E-state index contributed by atoms with van der Waals surface area (Å²) in [4.78, 5) is 7.30. The Bertz CT molecular complexity index is 279. The van der Waals surface area contributed by atoms with Crippen LogP contribution >= 0.6 is 0 Å². The summed E-state index contributed by atoms with van der Waals surface area (Å²) < 4.78 is 5.31. The molecule has 1 atom stereocenters. The quantitative estimate of drug-likeness (QED) is 0.748. The zero-order valence-corrected chi connectivity index (χ0v) is 8.55. The Morgan fingerprint density at radius 2 is 2.64 bits per heavy atom. The molecule has 1 aliphatic rings. The van der Waals surface area contributed by atoms with E-state index in [9.17, 15) is 0 Å². The maximum absolute atomic E-state index is 5.31. The van der Waals surface area contributed by atoms with Gasteiger partial charge >= 0.3 is 0 Å². The van der Waals surface area contributed by atoms with Crippen molar-refractivity contribution in [2.45, 2.75) is 19.9 Å². The Hall–Kier alpha value is -0.870. The number of aromatic amines is 1. The van der Waals surface area contributed by atoms with Crippen LogP contribution in [0.1, 0.15) is 17.8 Å². The first-order chi connectivity index (χ1) is 6.86. The Labute approximate surface area is 84.1 Å². The van der Waals surface area contributed by atoms with Gasteiger partial charge < -0.3 is 15.0 Å². The molecule has 1 fully saturated rings. The maximum atomic E-state index is 5.31. The molecule has 0 saturated carbocycles. The van der Waals surface area contributed by atoms with E-state index in [1.165, 1.54) is 6.42 Å². The van der Waals surface area contributed by atoms with Crippen LogP contribution in [0.25, 0.3) is 0 Å². The smallest absolute Gasteiger partial charge is 0.0925 e. The Kier molecular flexibility index (Phi) is 3.16. The fourth-order valence-corrected chi connectivity index (χ4v) is 1.70. The van der Waals surface area contributed by atoms with Gasteiger partial charge in [0.25, 0.3) is 0 Å². The van der Waals surface area contributed by atoms with Gasteiger partial charge in [0.05, 0.1) is 18.6 Å². The predicted octanol–water partition coefficient (Wildman–Crippen LogP) is 0.844. The number of hydrogen-bond acceptors (Lipinski definition) is 3. The summed E-state index contributed by atoms with van der Waals surface area (Å²) in [7, 11) is 0. The van der Waals surface area contributed by atoms with E-state index in [2.05, 4.69) is 15.3 Å². The molecule has 0 radical (unpaired) electrons. The minimum absolute atomic E-state index is 0.689. The first kappa shape index (κ1) is 9.68. The maximum Gasteiger partial charge on any atom is 0.0925 e. The molecule has 2 heterocycles. The molecule has 2 N–H and O–H groups in total. The number of aryl methyl sites for hydroxylation is 1. The first-order valence-corrected chi connectivity index (χ1v) is 5.13. The molecular formula is C10H17N3O. The fraction of sp³-hybridized carbons (Fsp3) is 0.700. The largest absolute Gasteiger partial charge is 0.381 e. The highest BCUT2D eigenvalue weighted by molar-refractivity contribution is 5.07. The number of ether oxygens (including phenoxy) is 1. The number of aromatic nitrogens is 2. The molecule has 1 saturated heterocycles. The number of rotatable bonds is 4. The van der Waals surface area contributed by atoms with Gasteiger partial charge in [-0.3, -0.25) is 0 Å². The van der Waals surface area contributed by atoms with Crippen molar-refractivity contribution in [2.24, 2.45) is 5.92 Å². The Balaban J connectivity index is 1.70. The Morgan fingerprint density at radius 1 is 1.71 bits per heavy atom. The van der Waals surface area contributed by atoms with E-state index in [-0.39, 0.29) is 0 Å². The zero-order chi connectivity index (χ0) is 9.80. The van der Waals surface area contributed by atoms with Gasteiger partial charge in [0, 0.05) is 25.4 Å². The lowest BCUT2D eigenvalue weighted by atomic mass is 10.1. The van der Waals surface area contributed by atoms with Crippen LogP contribution < -0.4 is 5.32 Å². The van der Waals surface area contributed by atoms with Gasteiger partial charge in [-0.2, -0.15) is 0 Å². The van der Waals surface area contributed by atoms with Crippen molar-refractivity contribution in [3.05, 3.63) is 17.7 Å². The SMILES string of the molecule is Cc1[nH]cnc1CNCC1CCOC1. The molecule has 14 heavy (non-hydrogen) atoms. The molecule has 1 unspecified atom stereocenters. The summed E-state index contributed by atoms with van der Waals surface area (Å²) in [5, 5.41) is 3.41. The number of nitrogens with one attached hydrogen (secondary N) is 2. The van der Waals surface area contributed by atoms with Gasteiger partial charge in [0.1, 0.15) is 0 Å². The van der Waals surface area contributed by atoms with Crippen LogP contribution in [0.3, 0.4) is 0 Å². The molecule has 1 aromatic rings. The summed E-state index contributed by atoms with van der Waals surface area (Å²) in [6, 6.07) is 0. The summed E-state index contributed by atoms with van der Waals surface area (Å²) in [6.07, 6.45) is 2.93. The van der Waals surface area contributed by atoms with Crippen LogP contribution in [0.4, 0.5) is 0 Å². The van der Waals surface area contributed by atoms with Crippen molar-refractivity contribution >= 4 is 0 Å². The van der Waals surface area contributed by atoms with Crippen LogP contribution in [0.2, 0.25) is 0 Å². The zero-order valence-electron chi connectivity index (χ0n) is 8.55. The third kappa shape index (κ3) is 2.33. The van der Waals surface area contributed by atoms with Crippen molar-refractivity contribution in [3.8, 4) is 0 Å². The summed E-state index contributed by atoms with van der Waals surface area (Å²) in [6.45, 7) is 5.77. The molecule has 0 aromatic carbocycles. The second kappa shape index (κ2) is 4.57. The van der Waals surface area contributed by atoms with E-state index >= 15 is 0 Å². The van der Waals surface area contributed by atoms with E-state index in [4.69, 9.17) is 4.74 Å². The van der Waals surface area contributed by atoms with Crippen molar-refractivity contribution in [1.29, 1.82) is 0 Å². The van der Waals surface area contributed by atoms with Crippen LogP contribution in [-0.4, -0.2) is 29.7 Å². The lowest BCUT2D eigenvalue weighted by molar-refractivity contribution is 0.185. The van der Waals surface area contributed by atoms with Crippen molar-refractivity contribution in [2.75, 3.05) is 19.8 Å². The van der Waals surface area contributed by atoms with E-state index in [0.717, 1.165) is 37.7 Å². The summed E-state index contributed by atoms with van der Waals surface area (Å²) in [5.41, 5.74) is 2.27. The van der Waals surface area contributed by atoms with E-state index in [1.807, 2.05) is 6.92 Å². The molecule has 0 spiro atoms. The van der Waals surface area contributed by atoms with E-state index in [1.54, 1.807) is 6.33 Å². The van der Waals surface area contributed by atoms with E-state index < -0.39 is 0 Å². The molecule has 0 amide bonds. The molecule has 2 rings (SSSR count). The monoisotopic (exact) mass is 195 g/mol. The highest BCUT2D eigenvalue weighted by Crippen LogP contribution is 2.10. The highest BCUT2D eigenvalue weighted by atomic mass is 16.5. The average molecular weight is 195 g/mol. The van der Waals surface area contributed by atoms with Crippen molar-refractivity contribution in [3.63, 3.8) is 0 Å². The second-order valence-corrected chi connectivity index (χ2v) is 3.83. The van der Waals surface area contributed by atoms with Crippen LogP contribution in [-0.2, 0) is 11.3 Å². The number of H-pyrrole nitrogens is 1. The molecule has 0 aliphatic carbocycles. The average Bonchev–Trinajstić information content (AvgIpc) is 2.78. The molecule has 78 valence electrons. The van der Waals surface area contributed by atoms with Crippen molar-refractivity contribution in [1.82, 2.24) is 15.3 Å². The Morgan fingerprint density at radius 3 is 3.29 bits per heavy atom. The van der Waals surface area contributed by atoms with Gasteiger partial charge in [-0.1, -0.05) is 0 Å². The molecule has 0 bridgehead atoms. The van der Waals surface area contributed by atoms with Gasteiger partial charge in [-0.15, -0.1) is 0 Å². The number of hydrogen-bond donors (Lipinski definition) is 2.